The minimum atomic E-state index is -3.64. The van der Waals surface area contributed by atoms with Gasteiger partial charge in [0, 0.05) is 19.6 Å². The molecule has 0 radical (unpaired) electrons. The molecule has 9 heteroatoms. The number of hydrogen-bond donors (Lipinski definition) is 2. The first kappa shape index (κ1) is 16.6. The molecule has 1 fully saturated rings. The van der Waals surface area contributed by atoms with Crippen molar-refractivity contribution in [1.29, 1.82) is 0 Å². The van der Waals surface area contributed by atoms with Crippen LogP contribution in [0.4, 0.5) is 11.8 Å². The van der Waals surface area contributed by atoms with Crippen LogP contribution in [-0.2, 0) is 16.4 Å². The van der Waals surface area contributed by atoms with Gasteiger partial charge in [-0.15, -0.1) is 5.10 Å². The zero-order chi connectivity index (χ0) is 17.0. The molecule has 1 aliphatic rings. The number of nitrogens with two attached hydrogens (primary N) is 1. The number of sulfonamides is 1. The van der Waals surface area contributed by atoms with Crippen LogP contribution >= 0.6 is 0 Å². The summed E-state index contributed by atoms with van der Waals surface area (Å²) in [6, 6.07) is 6.52. The number of hydrogen-bond acceptors (Lipinski definition) is 7. The topological polar surface area (TPSA) is 114 Å². The SMILES string of the molecule is NS(=O)(=O)c1ccc(CCNc2nncc(N3CCCC3)n2)cc1. The third-order valence-corrected chi connectivity index (χ3v) is 4.85. The quantitative estimate of drug-likeness (QED) is 0.792. The van der Waals surface area contributed by atoms with E-state index in [9.17, 15) is 8.42 Å². The minimum absolute atomic E-state index is 0.116. The van der Waals surface area contributed by atoms with Crippen molar-refractivity contribution in [1.82, 2.24) is 15.2 Å². The van der Waals surface area contributed by atoms with Gasteiger partial charge >= 0.3 is 0 Å². The normalized spacial score (nSPS) is 14.8. The molecule has 2 aromatic rings. The van der Waals surface area contributed by atoms with E-state index in [1.54, 1.807) is 18.3 Å². The van der Waals surface area contributed by atoms with Gasteiger partial charge in [0.25, 0.3) is 0 Å². The zero-order valence-corrected chi connectivity index (χ0v) is 14.0. The van der Waals surface area contributed by atoms with Gasteiger partial charge in [-0.1, -0.05) is 12.1 Å². The summed E-state index contributed by atoms with van der Waals surface area (Å²) in [5.41, 5.74) is 0.999. The number of anilines is 2. The van der Waals surface area contributed by atoms with E-state index in [4.69, 9.17) is 5.14 Å². The molecule has 0 spiro atoms. The predicted molar refractivity (Wildman–Crippen MR) is 91.3 cm³/mol. The van der Waals surface area contributed by atoms with E-state index in [2.05, 4.69) is 25.4 Å². The second-order valence-electron chi connectivity index (χ2n) is 5.70. The number of aromatic nitrogens is 3. The molecule has 0 saturated carbocycles. The molecule has 1 aliphatic heterocycles. The highest BCUT2D eigenvalue weighted by Crippen LogP contribution is 2.17. The Morgan fingerprint density at radius 3 is 2.54 bits per heavy atom. The Balaban J connectivity index is 1.55. The summed E-state index contributed by atoms with van der Waals surface area (Å²) in [5, 5.41) is 16.2. The summed E-state index contributed by atoms with van der Waals surface area (Å²) in [5.74, 6) is 1.35. The van der Waals surface area contributed by atoms with E-state index in [0.717, 1.165) is 24.5 Å². The Morgan fingerprint density at radius 2 is 1.88 bits per heavy atom. The molecule has 1 saturated heterocycles. The molecule has 8 nitrogen and oxygen atoms in total. The molecular weight excluding hydrogens is 328 g/mol. The van der Waals surface area contributed by atoms with Crippen molar-refractivity contribution in [2.75, 3.05) is 29.9 Å². The van der Waals surface area contributed by atoms with E-state index in [1.807, 2.05) is 0 Å². The molecule has 2 heterocycles. The third kappa shape index (κ3) is 4.18. The average Bonchev–Trinajstić information content (AvgIpc) is 3.09. The second-order valence-corrected chi connectivity index (χ2v) is 7.26. The Morgan fingerprint density at radius 1 is 1.17 bits per heavy atom. The highest BCUT2D eigenvalue weighted by molar-refractivity contribution is 7.89. The molecule has 128 valence electrons. The Labute approximate surface area is 141 Å². The van der Waals surface area contributed by atoms with Gasteiger partial charge in [-0.3, -0.25) is 0 Å². The first-order valence-corrected chi connectivity index (χ1v) is 9.37. The maximum Gasteiger partial charge on any atom is 0.244 e. The molecule has 24 heavy (non-hydrogen) atoms. The van der Waals surface area contributed by atoms with Crippen LogP contribution in [0.5, 0.6) is 0 Å². The van der Waals surface area contributed by atoms with Crippen LogP contribution in [0, 0.1) is 0 Å². The first-order valence-electron chi connectivity index (χ1n) is 7.83. The molecule has 0 atom stereocenters. The standard InChI is InChI=1S/C15H20N6O2S/c16-24(22,23)13-5-3-12(4-6-13)7-8-17-15-19-14(11-18-20-15)21-9-1-2-10-21/h3-6,11H,1-2,7-10H2,(H2,16,22,23)(H,17,19,20). The van der Waals surface area contributed by atoms with Gasteiger partial charge in [-0.25, -0.2) is 13.6 Å². The Hall–Kier alpha value is -2.26. The van der Waals surface area contributed by atoms with Crippen LogP contribution < -0.4 is 15.4 Å². The van der Waals surface area contributed by atoms with Crippen molar-refractivity contribution >= 4 is 21.8 Å². The minimum Gasteiger partial charge on any atom is -0.355 e. The van der Waals surface area contributed by atoms with Gasteiger partial charge in [-0.2, -0.15) is 10.1 Å². The molecule has 0 amide bonds. The van der Waals surface area contributed by atoms with Crippen molar-refractivity contribution in [2.24, 2.45) is 5.14 Å². The van der Waals surface area contributed by atoms with Crippen molar-refractivity contribution < 1.29 is 8.42 Å². The zero-order valence-electron chi connectivity index (χ0n) is 13.2. The molecule has 0 aliphatic carbocycles. The lowest BCUT2D eigenvalue weighted by Gasteiger charge is -2.15. The lowest BCUT2D eigenvalue weighted by molar-refractivity contribution is 0.598. The predicted octanol–water partition coefficient (Wildman–Crippen LogP) is 0.774. The Kier molecular flexibility index (Phi) is 4.91. The van der Waals surface area contributed by atoms with Crippen molar-refractivity contribution in [3.8, 4) is 0 Å². The fourth-order valence-corrected chi connectivity index (χ4v) is 3.15. The highest BCUT2D eigenvalue weighted by atomic mass is 32.2. The Bertz CT molecular complexity index is 788. The van der Waals surface area contributed by atoms with Crippen LogP contribution in [-0.4, -0.2) is 43.2 Å². The first-order chi connectivity index (χ1) is 11.5. The van der Waals surface area contributed by atoms with Gasteiger partial charge in [0.05, 0.1) is 11.1 Å². The molecular formula is C15H20N6O2S. The maximum atomic E-state index is 11.2. The number of rotatable bonds is 6. The second kappa shape index (κ2) is 7.10. The number of benzene rings is 1. The van der Waals surface area contributed by atoms with Crippen LogP contribution in [0.3, 0.4) is 0 Å². The van der Waals surface area contributed by atoms with E-state index in [1.165, 1.54) is 25.0 Å². The lowest BCUT2D eigenvalue weighted by atomic mass is 10.1. The van der Waals surface area contributed by atoms with E-state index in [-0.39, 0.29) is 4.90 Å². The molecule has 0 bridgehead atoms. The number of nitrogens with zero attached hydrogens (tertiary/aromatic N) is 4. The molecule has 1 aromatic carbocycles. The smallest absolute Gasteiger partial charge is 0.244 e. The van der Waals surface area contributed by atoms with Crippen molar-refractivity contribution in [3.63, 3.8) is 0 Å². The van der Waals surface area contributed by atoms with E-state index < -0.39 is 10.0 Å². The van der Waals surface area contributed by atoms with Crippen LogP contribution in [0.25, 0.3) is 0 Å². The largest absolute Gasteiger partial charge is 0.355 e. The summed E-state index contributed by atoms with van der Waals surface area (Å²) in [7, 11) is -3.64. The number of primary sulfonamides is 1. The summed E-state index contributed by atoms with van der Waals surface area (Å²) < 4.78 is 22.4. The highest BCUT2D eigenvalue weighted by Gasteiger charge is 2.14. The maximum absolute atomic E-state index is 11.2. The monoisotopic (exact) mass is 348 g/mol. The van der Waals surface area contributed by atoms with Crippen LogP contribution in [0.15, 0.2) is 35.4 Å². The fourth-order valence-electron chi connectivity index (χ4n) is 2.63. The third-order valence-electron chi connectivity index (χ3n) is 3.92. The van der Waals surface area contributed by atoms with Gasteiger partial charge in [0.2, 0.25) is 16.0 Å². The summed E-state index contributed by atoms with van der Waals surface area (Å²) in [6.45, 7) is 2.64. The van der Waals surface area contributed by atoms with E-state index >= 15 is 0 Å². The number of nitrogens with one attached hydrogen (secondary N) is 1. The summed E-state index contributed by atoms with van der Waals surface area (Å²) >= 11 is 0. The molecule has 3 N–H and O–H groups in total. The summed E-state index contributed by atoms with van der Waals surface area (Å²) in [6.07, 6.45) is 4.76. The molecule has 1 aromatic heterocycles. The fraction of sp³-hybridized carbons (Fsp3) is 0.400. The molecule has 0 unspecified atom stereocenters. The van der Waals surface area contributed by atoms with Crippen LogP contribution in [0.1, 0.15) is 18.4 Å². The van der Waals surface area contributed by atoms with Crippen molar-refractivity contribution in [3.05, 3.63) is 36.0 Å². The van der Waals surface area contributed by atoms with Crippen molar-refractivity contribution in [2.45, 2.75) is 24.2 Å². The van der Waals surface area contributed by atoms with Gasteiger partial charge in [0.15, 0.2) is 5.82 Å². The van der Waals surface area contributed by atoms with E-state index in [0.29, 0.717) is 18.9 Å². The van der Waals surface area contributed by atoms with Gasteiger partial charge < -0.3 is 10.2 Å². The van der Waals surface area contributed by atoms with Gasteiger partial charge in [0.1, 0.15) is 0 Å². The average molecular weight is 348 g/mol. The van der Waals surface area contributed by atoms with Crippen LogP contribution in [0.2, 0.25) is 0 Å². The lowest BCUT2D eigenvalue weighted by Crippen LogP contribution is -2.20. The summed E-state index contributed by atoms with van der Waals surface area (Å²) in [4.78, 5) is 6.79. The molecule has 3 rings (SSSR count). The van der Waals surface area contributed by atoms with Gasteiger partial charge in [-0.05, 0) is 37.0 Å².